The van der Waals surface area contributed by atoms with E-state index in [4.69, 9.17) is 0 Å². The molecule has 176 valence electrons. The fourth-order valence-corrected chi connectivity index (χ4v) is 3.92. The third-order valence-corrected chi connectivity index (χ3v) is 5.69. The molecule has 11 heteroatoms. The summed E-state index contributed by atoms with van der Waals surface area (Å²) in [4.78, 5) is 15.7. The van der Waals surface area contributed by atoms with E-state index in [1.807, 2.05) is 13.8 Å². The first-order valence-corrected chi connectivity index (χ1v) is 10.4. The van der Waals surface area contributed by atoms with E-state index in [1.165, 1.54) is 26.4 Å². The van der Waals surface area contributed by atoms with Gasteiger partial charge in [-0.3, -0.25) is 0 Å². The summed E-state index contributed by atoms with van der Waals surface area (Å²) < 4.78 is 55.0. The van der Waals surface area contributed by atoms with Gasteiger partial charge in [-0.2, -0.15) is 18.2 Å². The highest BCUT2D eigenvalue weighted by atomic mass is 19.4. The minimum Gasteiger partial charge on any atom is -0.393 e. The Morgan fingerprint density at radius 2 is 1.84 bits per heavy atom. The van der Waals surface area contributed by atoms with E-state index in [1.54, 1.807) is 0 Å². The molecule has 32 heavy (non-hydrogen) atoms. The number of aliphatic hydroxyl groups excluding tert-OH is 1. The van der Waals surface area contributed by atoms with Gasteiger partial charge in [0.1, 0.15) is 23.4 Å². The maximum Gasteiger partial charge on any atom is 0.421 e. The second-order valence-electron chi connectivity index (χ2n) is 9.30. The molecule has 7 nitrogen and oxygen atoms in total. The molecule has 2 atom stereocenters. The molecule has 3 N–H and O–H groups in total. The Morgan fingerprint density at radius 3 is 2.47 bits per heavy atom. The van der Waals surface area contributed by atoms with Gasteiger partial charge in [0.25, 0.3) is 0 Å². The third kappa shape index (κ3) is 5.62. The molecular formula is C21H28F4N6O. The predicted octanol–water partition coefficient (Wildman–Crippen LogP) is 4.45. The van der Waals surface area contributed by atoms with Crippen molar-refractivity contribution in [2.45, 2.75) is 77.5 Å². The van der Waals surface area contributed by atoms with Gasteiger partial charge >= 0.3 is 6.18 Å². The van der Waals surface area contributed by atoms with Crippen LogP contribution in [0.5, 0.6) is 0 Å². The van der Waals surface area contributed by atoms with Crippen molar-refractivity contribution in [3.8, 4) is 0 Å². The molecule has 0 unspecified atom stereocenters. The Hall–Kier alpha value is -2.56. The van der Waals surface area contributed by atoms with Gasteiger partial charge in [0.05, 0.1) is 11.8 Å². The van der Waals surface area contributed by atoms with Gasteiger partial charge < -0.3 is 15.7 Å². The van der Waals surface area contributed by atoms with Crippen molar-refractivity contribution in [2.24, 2.45) is 5.41 Å². The van der Waals surface area contributed by atoms with Crippen molar-refractivity contribution in [1.29, 1.82) is 0 Å². The molecule has 0 bridgehead atoms. The van der Waals surface area contributed by atoms with E-state index in [0.717, 1.165) is 6.20 Å². The summed E-state index contributed by atoms with van der Waals surface area (Å²) in [5.41, 5.74) is -2.49. The molecule has 0 aromatic carbocycles. The van der Waals surface area contributed by atoms with Gasteiger partial charge in [-0.15, -0.1) is 0 Å². The lowest BCUT2D eigenvalue weighted by Gasteiger charge is -2.40. The highest BCUT2D eigenvalue weighted by Crippen LogP contribution is 2.39. The lowest BCUT2D eigenvalue weighted by molar-refractivity contribution is -0.137. The fourth-order valence-electron chi connectivity index (χ4n) is 3.92. The first-order valence-electron chi connectivity index (χ1n) is 10.4. The molecule has 0 spiro atoms. The van der Waals surface area contributed by atoms with E-state index in [0.29, 0.717) is 24.8 Å². The highest BCUT2D eigenvalue weighted by molar-refractivity contribution is 5.49. The minimum atomic E-state index is -4.64. The van der Waals surface area contributed by atoms with Crippen LogP contribution in [0.15, 0.2) is 18.7 Å². The van der Waals surface area contributed by atoms with Crippen LogP contribution in [0, 0.1) is 5.41 Å². The van der Waals surface area contributed by atoms with E-state index >= 15 is 0 Å². The summed E-state index contributed by atoms with van der Waals surface area (Å²) >= 11 is 0. The molecular weight excluding hydrogens is 428 g/mol. The summed E-state index contributed by atoms with van der Waals surface area (Å²) in [6.45, 7) is 6.52. The Labute approximate surface area is 184 Å². The third-order valence-electron chi connectivity index (χ3n) is 5.69. The van der Waals surface area contributed by atoms with Gasteiger partial charge in [-0.1, -0.05) is 13.8 Å². The smallest absolute Gasteiger partial charge is 0.393 e. The molecule has 2 heterocycles. The average molecular weight is 456 g/mol. The quantitative estimate of drug-likeness (QED) is 0.553. The van der Waals surface area contributed by atoms with E-state index in [-0.39, 0.29) is 30.0 Å². The van der Waals surface area contributed by atoms with Gasteiger partial charge in [0.15, 0.2) is 0 Å². The topological polar surface area (TPSA) is 95.9 Å². The van der Waals surface area contributed by atoms with Crippen LogP contribution in [0.2, 0.25) is 0 Å². The number of alkyl halides is 4. The van der Waals surface area contributed by atoms with Crippen LogP contribution in [0.3, 0.4) is 0 Å². The zero-order valence-electron chi connectivity index (χ0n) is 18.5. The maximum atomic E-state index is 14.4. The molecule has 1 saturated carbocycles. The van der Waals surface area contributed by atoms with Crippen molar-refractivity contribution in [2.75, 3.05) is 10.6 Å². The number of nitrogens with one attached hydrogen (secondary N) is 2. The standard InChI is InChI=1S/C21H28F4N6O/c1-19(2)7-13(5-6-15(19)32)30-17-14(21(23,24)25)10-28-18(31-17)27-9-12-8-26-11-29-16(12)20(3,4)22/h8,10-11,13,15,32H,5-7,9H2,1-4H3,(H2,27,28,30,31)/t13-,15+/m1/s1. The summed E-state index contributed by atoms with van der Waals surface area (Å²) in [6, 6.07) is -0.279. The highest BCUT2D eigenvalue weighted by Gasteiger charge is 2.39. The van der Waals surface area contributed by atoms with Gasteiger partial charge in [0, 0.05) is 30.5 Å². The second-order valence-corrected chi connectivity index (χ2v) is 9.30. The van der Waals surface area contributed by atoms with Gasteiger partial charge in [0.2, 0.25) is 5.95 Å². The molecule has 1 fully saturated rings. The van der Waals surface area contributed by atoms with Crippen LogP contribution in [-0.2, 0) is 18.4 Å². The van der Waals surface area contributed by atoms with Crippen molar-refractivity contribution in [3.05, 3.63) is 35.5 Å². The molecule has 1 aliphatic rings. The largest absolute Gasteiger partial charge is 0.421 e. The number of aromatic nitrogens is 4. The molecule has 3 rings (SSSR count). The van der Waals surface area contributed by atoms with Crippen LogP contribution < -0.4 is 10.6 Å². The zero-order valence-corrected chi connectivity index (χ0v) is 18.5. The number of hydrogen-bond donors (Lipinski definition) is 3. The monoisotopic (exact) mass is 456 g/mol. The summed E-state index contributed by atoms with van der Waals surface area (Å²) in [6.07, 6.45) is -0.246. The van der Waals surface area contributed by atoms with Crippen molar-refractivity contribution >= 4 is 11.8 Å². The van der Waals surface area contributed by atoms with Crippen LogP contribution >= 0.6 is 0 Å². The first kappa shape index (κ1) is 24.1. The Balaban J connectivity index is 1.82. The SMILES string of the molecule is CC(C)(F)c1ncncc1CNc1ncc(C(F)(F)F)c(N[C@@H]2CC[C@H](O)C(C)(C)C2)n1. The van der Waals surface area contributed by atoms with E-state index in [9.17, 15) is 22.7 Å². The van der Waals surface area contributed by atoms with Crippen molar-refractivity contribution < 1.29 is 22.7 Å². The summed E-state index contributed by atoms with van der Waals surface area (Å²) in [7, 11) is 0. The number of halogens is 4. The number of nitrogens with zero attached hydrogens (tertiary/aromatic N) is 4. The lowest BCUT2D eigenvalue weighted by atomic mass is 9.73. The van der Waals surface area contributed by atoms with Crippen LogP contribution in [0.25, 0.3) is 0 Å². The molecule has 2 aromatic heterocycles. The van der Waals surface area contributed by atoms with E-state index < -0.39 is 28.9 Å². The molecule has 0 saturated heterocycles. The summed E-state index contributed by atoms with van der Waals surface area (Å²) in [5, 5.41) is 15.9. The second kappa shape index (κ2) is 8.76. The van der Waals surface area contributed by atoms with Gasteiger partial charge in [-0.25, -0.2) is 19.3 Å². The number of hydrogen-bond acceptors (Lipinski definition) is 7. The first-order chi connectivity index (χ1) is 14.8. The molecule has 0 amide bonds. The Morgan fingerprint density at radius 1 is 1.12 bits per heavy atom. The maximum absolute atomic E-state index is 14.4. The van der Waals surface area contributed by atoms with Crippen LogP contribution in [-0.4, -0.2) is 37.2 Å². The average Bonchev–Trinajstić information content (AvgIpc) is 2.68. The Kier molecular flexibility index (Phi) is 6.60. The number of anilines is 2. The fraction of sp³-hybridized carbons (Fsp3) is 0.619. The zero-order chi connectivity index (χ0) is 23.7. The Bertz CT molecular complexity index is 945. The lowest BCUT2D eigenvalue weighted by Crippen LogP contribution is -2.41. The molecule has 2 aromatic rings. The van der Waals surface area contributed by atoms with Crippen molar-refractivity contribution in [1.82, 2.24) is 19.9 Å². The van der Waals surface area contributed by atoms with Crippen LogP contribution in [0.4, 0.5) is 29.3 Å². The molecule has 1 aliphatic carbocycles. The minimum absolute atomic E-state index is 0.0387. The number of aliphatic hydroxyl groups is 1. The van der Waals surface area contributed by atoms with Gasteiger partial charge in [-0.05, 0) is 38.5 Å². The molecule has 0 radical (unpaired) electrons. The van der Waals surface area contributed by atoms with Crippen molar-refractivity contribution in [3.63, 3.8) is 0 Å². The predicted molar refractivity (Wildman–Crippen MR) is 112 cm³/mol. The number of rotatable bonds is 6. The summed E-state index contributed by atoms with van der Waals surface area (Å²) in [5.74, 6) is -0.371. The van der Waals surface area contributed by atoms with E-state index in [2.05, 4.69) is 30.6 Å². The molecule has 0 aliphatic heterocycles. The normalized spacial score (nSPS) is 21.3. The van der Waals surface area contributed by atoms with Crippen LogP contribution in [0.1, 0.15) is 63.8 Å².